The van der Waals surface area contributed by atoms with Crippen LogP contribution in [0.4, 0.5) is 4.39 Å². The smallest absolute Gasteiger partial charge is 0.251 e. The second-order valence-electron chi connectivity index (χ2n) is 6.15. The van der Waals surface area contributed by atoms with Gasteiger partial charge in [0.15, 0.2) is 0 Å². The molecule has 26 heavy (non-hydrogen) atoms. The Kier molecular flexibility index (Phi) is 7.14. The van der Waals surface area contributed by atoms with E-state index < -0.39 is 17.8 Å². The Morgan fingerprint density at radius 1 is 1.04 bits per heavy atom. The number of carbonyl (C=O) groups is 2. The molecule has 1 unspecified atom stereocenters. The summed E-state index contributed by atoms with van der Waals surface area (Å²) in [5.74, 6) is -0.495. The van der Waals surface area contributed by atoms with Crippen LogP contribution in [0.1, 0.15) is 24.2 Å². The van der Waals surface area contributed by atoms with Crippen molar-refractivity contribution in [2.24, 2.45) is 5.92 Å². The molecular weight excluding hydrogens is 335 g/mol. The lowest BCUT2D eigenvalue weighted by atomic mass is 10.0. The van der Waals surface area contributed by atoms with Gasteiger partial charge in [0.2, 0.25) is 5.91 Å². The lowest BCUT2D eigenvalue weighted by molar-refractivity contribution is -0.124. The molecule has 0 saturated heterocycles. The molecule has 2 N–H and O–H groups in total. The molecule has 0 radical (unpaired) electrons. The minimum Gasteiger partial charge on any atom is -0.492 e. The highest BCUT2D eigenvalue weighted by Crippen LogP contribution is 2.08. The maximum absolute atomic E-state index is 13.0. The zero-order valence-corrected chi connectivity index (χ0v) is 14.9. The van der Waals surface area contributed by atoms with Crippen LogP contribution >= 0.6 is 0 Å². The number of carbonyl (C=O) groups excluding carboxylic acids is 2. The van der Waals surface area contributed by atoms with Gasteiger partial charge in [0, 0.05) is 5.56 Å². The molecule has 2 aromatic carbocycles. The van der Waals surface area contributed by atoms with Gasteiger partial charge in [-0.3, -0.25) is 9.59 Å². The van der Waals surface area contributed by atoms with Crippen molar-refractivity contribution in [1.82, 2.24) is 10.6 Å². The molecule has 0 fully saturated rings. The highest BCUT2D eigenvalue weighted by Gasteiger charge is 2.24. The van der Waals surface area contributed by atoms with Crippen LogP contribution in [-0.4, -0.2) is 31.0 Å². The molecule has 2 aromatic rings. The van der Waals surface area contributed by atoms with Crippen molar-refractivity contribution < 1.29 is 18.7 Å². The van der Waals surface area contributed by atoms with Crippen LogP contribution < -0.4 is 15.4 Å². The second kappa shape index (κ2) is 9.56. The number of ether oxygens (including phenoxy) is 1. The summed E-state index contributed by atoms with van der Waals surface area (Å²) >= 11 is 0. The molecule has 0 aliphatic carbocycles. The first-order chi connectivity index (χ1) is 12.5. The molecule has 0 aromatic heterocycles. The van der Waals surface area contributed by atoms with E-state index in [0.717, 1.165) is 5.75 Å². The Hall–Kier alpha value is -2.89. The first-order valence-electron chi connectivity index (χ1n) is 8.49. The fourth-order valence-corrected chi connectivity index (χ4v) is 2.33. The van der Waals surface area contributed by atoms with Gasteiger partial charge < -0.3 is 15.4 Å². The van der Waals surface area contributed by atoms with Crippen molar-refractivity contribution in [3.8, 4) is 5.75 Å². The van der Waals surface area contributed by atoms with Crippen LogP contribution in [0.15, 0.2) is 54.6 Å². The normalized spacial score (nSPS) is 11.7. The summed E-state index contributed by atoms with van der Waals surface area (Å²) < 4.78 is 18.5. The van der Waals surface area contributed by atoms with Crippen LogP contribution in [0, 0.1) is 11.7 Å². The number of hydrogen-bond acceptors (Lipinski definition) is 3. The number of benzene rings is 2. The molecule has 2 amide bonds. The zero-order valence-electron chi connectivity index (χ0n) is 14.9. The van der Waals surface area contributed by atoms with Crippen LogP contribution in [0.3, 0.4) is 0 Å². The van der Waals surface area contributed by atoms with E-state index in [0.29, 0.717) is 18.7 Å². The Morgan fingerprint density at radius 3 is 2.31 bits per heavy atom. The molecule has 0 heterocycles. The van der Waals surface area contributed by atoms with E-state index in [9.17, 15) is 14.0 Å². The van der Waals surface area contributed by atoms with Gasteiger partial charge >= 0.3 is 0 Å². The Labute approximate surface area is 152 Å². The number of nitrogens with one attached hydrogen (secondary N) is 2. The van der Waals surface area contributed by atoms with Crippen molar-refractivity contribution >= 4 is 11.8 Å². The lowest BCUT2D eigenvalue weighted by Crippen LogP contribution is -2.50. The Balaban J connectivity index is 1.84. The largest absolute Gasteiger partial charge is 0.492 e. The van der Waals surface area contributed by atoms with E-state index in [2.05, 4.69) is 10.6 Å². The molecule has 5 nitrogen and oxygen atoms in total. The van der Waals surface area contributed by atoms with Crippen LogP contribution in [0.25, 0.3) is 0 Å². The average Bonchev–Trinajstić information content (AvgIpc) is 2.64. The molecule has 0 bridgehead atoms. The predicted molar refractivity (Wildman–Crippen MR) is 97.4 cm³/mol. The molecule has 0 spiro atoms. The molecule has 0 aliphatic rings. The third kappa shape index (κ3) is 5.88. The van der Waals surface area contributed by atoms with E-state index in [1.165, 1.54) is 24.3 Å². The molecule has 0 aliphatic heterocycles. The maximum atomic E-state index is 13.0. The molecular formula is C20H23FN2O3. The monoisotopic (exact) mass is 358 g/mol. The van der Waals surface area contributed by atoms with Gasteiger partial charge in [-0.1, -0.05) is 32.0 Å². The van der Waals surface area contributed by atoms with Crippen molar-refractivity contribution in [2.45, 2.75) is 19.9 Å². The summed E-state index contributed by atoms with van der Waals surface area (Å²) in [6.07, 6.45) is 0. The predicted octanol–water partition coefficient (Wildman–Crippen LogP) is 2.78. The van der Waals surface area contributed by atoms with Crippen molar-refractivity contribution in [3.63, 3.8) is 0 Å². The van der Waals surface area contributed by atoms with Gasteiger partial charge in [-0.15, -0.1) is 0 Å². The zero-order chi connectivity index (χ0) is 18.9. The van der Waals surface area contributed by atoms with Crippen LogP contribution in [0.2, 0.25) is 0 Å². The quantitative estimate of drug-likeness (QED) is 0.713. The molecule has 138 valence electrons. The fourth-order valence-electron chi connectivity index (χ4n) is 2.33. The SMILES string of the molecule is CC(C)C(NC(=O)c1ccc(F)cc1)C(=O)NCCOc1ccccc1. The van der Waals surface area contributed by atoms with E-state index in [-0.39, 0.29) is 11.8 Å². The standard InChI is InChI=1S/C20H23FN2O3/c1-14(2)18(23-19(24)15-8-10-16(21)11-9-15)20(25)22-12-13-26-17-6-4-3-5-7-17/h3-11,14,18H,12-13H2,1-2H3,(H,22,25)(H,23,24). The van der Waals surface area contributed by atoms with E-state index in [1.807, 2.05) is 44.2 Å². The third-order valence-electron chi connectivity index (χ3n) is 3.76. The van der Waals surface area contributed by atoms with Gasteiger partial charge in [-0.25, -0.2) is 4.39 Å². The molecule has 0 saturated carbocycles. The molecule has 1 atom stereocenters. The van der Waals surface area contributed by atoms with Gasteiger partial charge in [0.1, 0.15) is 24.2 Å². The van der Waals surface area contributed by atoms with Gasteiger partial charge in [0.05, 0.1) is 6.54 Å². The lowest BCUT2D eigenvalue weighted by Gasteiger charge is -2.21. The number of hydrogen-bond donors (Lipinski definition) is 2. The number of para-hydroxylation sites is 1. The van der Waals surface area contributed by atoms with Crippen molar-refractivity contribution in [2.75, 3.05) is 13.2 Å². The molecule has 2 rings (SSSR count). The maximum Gasteiger partial charge on any atom is 0.251 e. The highest BCUT2D eigenvalue weighted by molar-refractivity contribution is 5.97. The summed E-state index contributed by atoms with van der Waals surface area (Å²) in [6.45, 7) is 4.33. The fraction of sp³-hybridized carbons (Fsp3) is 0.300. The summed E-state index contributed by atoms with van der Waals surface area (Å²) in [4.78, 5) is 24.6. The summed E-state index contributed by atoms with van der Waals surface area (Å²) in [6, 6.07) is 13.8. The van der Waals surface area contributed by atoms with Crippen molar-refractivity contribution in [3.05, 3.63) is 66.0 Å². The topological polar surface area (TPSA) is 67.4 Å². The number of amides is 2. The Bertz CT molecular complexity index is 718. The molecule has 6 heteroatoms. The van der Waals surface area contributed by atoms with Gasteiger partial charge in [-0.2, -0.15) is 0 Å². The van der Waals surface area contributed by atoms with Crippen LogP contribution in [-0.2, 0) is 4.79 Å². The average molecular weight is 358 g/mol. The second-order valence-corrected chi connectivity index (χ2v) is 6.15. The van der Waals surface area contributed by atoms with Crippen molar-refractivity contribution in [1.29, 1.82) is 0 Å². The van der Waals surface area contributed by atoms with Gasteiger partial charge in [0.25, 0.3) is 5.91 Å². The van der Waals surface area contributed by atoms with E-state index in [4.69, 9.17) is 4.74 Å². The summed E-state index contributed by atoms with van der Waals surface area (Å²) in [5, 5.41) is 5.46. The van der Waals surface area contributed by atoms with Crippen LogP contribution in [0.5, 0.6) is 5.75 Å². The summed E-state index contributed by atoms with van der Waals surface area (Å²) in [7, 11) is 0. The third-order valence-corrected chi connectivity index (χ3v) is 3.76. The Morgan fingerprint density at radius 2 is 1.69 bits per heavy atom. The minimum absolute atomic E-state index is 0.102. The first kappa shape index (κ1) is 19.4. The highest BCUT2D eigenvalue weighted by atomic mass is 19.1. The van der Waals surface area contributed by atoms with Gasteiger partial charge in [-0.05, 0) is 42.3 Å². The van der Waals surface area contributed by atoms with E-state index in [1.54, 1.807) is 0 Å². The van der Waals surface area contributed by atoms with E-state index >= 15 is 0 Å². The minimum atomic E-state index is -0.690. The first-order valence-corrected chi connectivity index (χ1v) is 8.49. The number of rotatable bonds is 8. The summed E-state index contributed by atoms with van der Waals surface area (Å²) in [5.41, 5.74) is 0.303. The number of halogens is 1.